The van der Waals surface area contributed by atoms with Crippen LogP contribution in [0.2, 0.25) is 0 Å². The zero-order chi connectivity index (χ0) is 17.2. The standard InChI is InChI=1S/C13H26N2O8/c1-14-3-4-20-5-6-21-12-10(18)11(23-13(19)15-2)9(17)8(7-16)22-12/h8-12,14,16-18H,3-7H2,1-2H3,(H,15,19)/t8-,9-,10+,11+,12?/m1/s1. The smallest absolute Gasteiger partial charge is 0.407 e. The number of rotatable bonds is 9. The van der Waals surface area contributed by atoms with Crippen LogP contribution in [0.3, 0.4) is 0 Å². The van der Waals surface area contributed by atoms with E-state index in [0.29, 0.717) is 13.2 Å². The summed E-state index contributed by atoms with van der Waals surface area (Å²) in [6, 6.07) is 0. The predicted octanol–water partition coefficient (Wildman–Crippen LogP) is -2.60. The molecule has 1 amide bonds. The Balaban J connectivity index is 2.52. The van der Waals surface area contributed by atoms with Gasteiger partial charge in [-0.15, -0.1) is 0 Å². The molecule has 0 spiro atoms. The van der Waals surface area contributed by atoms with Crippen LogP contribution in [0.5, 0.6) is 0 Å². The fourth-order valence-electron chi connectivity index (χ4n) is 2.01. The van der Waals surface area contributed by atoms with Gasteiger partial charge in [0.2, 0.25) is 0 Å². The third kappa shape index (κ3) is 6.18. The van der Waals surface area contributed by atoms with Crippen LogP contribution in [0.4, 0.5) is 4.79 Å². The molecule has 0 bridgehead atoms. The van der Waals surface area contributed by atoms with E-state index in [0.717, 1.165) is 0 Å². The summed E-state index contributed by atoms with van der Waals surface area (Å²) in [6.45, 7) is 1.10. The number of aliphatic hydroxyl groups excluding tert-OH is 3. The van der Waals surface area contributed by atoms with E-state index < -0.39 is 43.4 Å². The van der Waals surface area contributed by atoms with Crippen molar-refractivity contribution in [1.82, 2.24) is 10.6 Å². The van der Waals surface area contributed by atoms with Gasteiger partial charge in [0.15, 0.2) is 12.4 Å². The van der Waals surface area contributed by atoms with Crippen LogP contribution in [0.1, 0.15) is 0 Å². The molecule has 1 saturated heterocycles. The zero-order valence-electron chi connectivity index (χ0n) is 13.3. The molecule has 1 heterocycles. The maximum atomic E-state index is 11.3. The van der Waals surface area contributed by atoms with Crippen molar-refractivity contribution < 1.29 is 39.1 Å². The van der Waals surface area contributed by atoms with E-state index in [4.69, 9.17) is 18.9 Å². The number of carbonyl (C=O) groups excluding carboxylic acids is 1. The van der Waals surface area contributed by atoms with Crippen LogP contribution < -0.4 is 10.6 Å². The van der Waals surface area contributed by atoms with Crippen LogP contribution in [-0.2, 0) is 18.9 Å². The van der Waals surface area contributed by atoms with Gasteiger partial charge in [-0.3, -0.25) is 0 Å². The van der Waals surface area contributed by atoms with Crippen molar-refractivity contribution in [2.24, 2.45) is 0 Å². The molecule has 1 rings (SSSR count). The van der Waals surface area contributed by atoms with Crippen molar-refractivity contribution in [2.75, 3.05) is 47.1 Å². The predicted molar refractivity (Wildman–Crippen MR) is 77.8 cm³/mol. The highest BCUT2D eigenvalue weighted by atomic mass is 16.7. The van der Waals surface area contributed by atoms with Crippen molar-refractivity contribution in [1.29, 1.82) is 0 Å². The van der Waals surface area contributed by atoms with E-state index >= 15 is 0 Å². The van der Waals surface area contributed by atoms with Gasteiger partial charge in [-0.1, -0.05) is 0 Å². The van der Waals surface area contributed by atoms with Gasteiger partial charge in [0.05, 0.1) is 26.4 Å². The molecule has 23 heavy (non-hydrogen) atoms. The molecule has 1 aliphatic heterocycles. The fraction of sp³-hybridized carbons (Fsp3) is 0.923. The summed E-state index contributed by atoms with van der Waals surface area (Å²) in [5.74, 6) is 0. The Morgan fingerprint density at radius 1 is 1.17 bits per heavy atom. The largest absolute Gasteiger partial charge is 0.440 e. The third-order valence-corrected chi connectivity index (χ3v) is 3.28. The first kappa shape index (κ1) is 20.0. The average Bonchev–Trinajstić information content (AvgIpc) is 2.56. The van der Waals surface area contributed by atoms with E-state index in [1.54, 1.807) is 7.05 Å². The number of hydrogen-bond acceptors (Lipinski definition) is 9. The summed E-state index contributed by atoms with van der Waals surface area (Å²) in [4.78, 5) is 11.3. The van der Waals surface area contributed by atoms with Crippen LogP contribution in [0.25, 0.3) is 0 Å². The van der Waals surface area contributed by atoms with E-state index in [1.165, 1.54) is 7.05 Å². The second-order valence-corrected chi connectivity index (χ2v) is 4.91. The first-order valence-corrected chi connectivity index (χ1v) is 7.39. The number of nitrogens with one attached hydrogen (secondary N) is 2. The number of hydrogen-bond donors (Lipinski definition) is 5. The summed E-state index contributed by atoms with van der Waals surface area (Å²) in [5, 5.41) is 34.5. The SMILES string of the molecule is CNCCOCCOC1O[C@H](CO)[C@@H](O)[C@H](OC(=O)NC)[C@@H]1O. The monoisotopic (exact) mass is 338 g/mol. The summed E-state index contributed by atoms with van der Waals surface area (Å²) in [6.07, 6.45) is -7.07. The number of amides is 1. The summed E-state index contributed by atoms with van der Waals surface area (Å²) >= 11 is 0. The molecule has 0 saturated carbocycles. The highest BCUT2D eigenvalue weighted by Gasteiger charge is 2.47. The van der Waals surface area contributed by atoms with Crippen LogP contribution in [-0.4, -0.2) is 99.2 Å². The highest BCUT2D eigenvalue weighted by molar-refractivity contribution is 5.67. The third-order valence-electron chi connectivity index (χ3n) is 3.28. The lowest BCUT2D eigenvalue weighted by atomic mass is 9.99. The minimum atomic E-state index is -1.40. The highest BCUT2D eigenvalue weighted by Crippen LogP contribution is 2.24. The van der Waals surface area contributed by atoms with Gasteiger partial charge in [-0.25, -0.2) is 4.79 Å². The number of aliphatic hydroxyl groups is 3. The summed E-state index contributed by atoms with van der Waals surface area (Å²) < 4.78 is 20.8. The molecule has 0 aliphatic carbocycles. The summed E-state index contributed by atoms with van der Waals surface area (Å²) in [7, 11) is 3.15. The first-order valence-electron chi connectivity index (χ1n) is 7.39. The molecule has 0 aromatic rings. The topological polar surface area (TPSA) is 139 Å². The lowest BCUT2D eigenvalue weighted by Gasteiger charge is -2.41. The molecular formula is C13H26N2O8. The van der Waals surface area contributed by atoms with E-state index in [1.807, 2.05) is 0 Å². The van der Waals surface area contributed by atoms with Gasteiger partial charge >= 0.3 is 6.09 Å². The van der Waals surface area contributed by atoms with Gasteiger partial charge in [0.25, 0.3) is 0 Å². The number of carbonyl (C=O) groups is 1. The van der Waals surface area contributed by atoms with Gasteiger partial charge in [-0.2, -0.15) is 0 Å². The lowest BCUT2D eigenvalue weighted by Crippen LogP contribution is -2.61. The number of ether oxygens (including phenoxy) is 4. The van der Waals surface area contributed by atoms with E-state index in [9.17, 15) is 20.1 Å². The minimum Gasteiger partial charge on any atom is -0.440 e. The molecule has 0 aromatic heterocycles. The van der Waals surface area contributed by atoms with Crippen molar-refractivity contribution >= 4 is 6.09 Å². The maximum absolute atomic E-state index is 11.3. The lowest BCUT2D eigenvalue weighted by molar-refractivity contribution is -0.301. The molecule has 5 atom stereocenters. The Morgan fingerprint density at radius 2 is 1.91 bits per heavy atom. The Bertz CT molecular complexity index is 346. The molecule has 136 valence electrons. The maximum Gasteiger partial charge on any atom is 0.407 e. The quantitative estimate of drug-likeness (QED) is 0.286. The molecule has 10 heteroatoms. The molecule has 0 radical (unpaired) electrons. The van der Waals surface area contributed by atoms with Crippen LogP contribution in [0.15, 0.2) is 0 Å². The Hall–Kier alpha value is -1.01. The van der Waals surface area contributed by atoms with Crippen molar-refractivity contribution in [2.45, 2.75) is 30.7 Å². The van der Waals surface area contributed by atoms with E-state index in [-0.39, 0.29) is 13.2 Å². The Kier molecular flexibility index (Phi) is 9.33. The van der Waals surface area contributed by atoms with Crippen molar-refractivity contribution in [3.05, 3.63) is 0 Å². The van der Waals surface area contributed by atoms with Gasteiger partial charge in [0, 0.05) is 13.6 Å². The molecular weight excluding hydrogens is 312 g/mol. The van der Waals surface area contributed by atoms with Crippen LogP contribution in [0, 0.1) is 0 Å². The van der Waals surface area contributed by atoms with Crippen molar-refractivity contribution in [3.63, 3.8) is 0 Å². The summed E-state index contributed by atoms with van der Waals surface area (Å²) in [5.41, 5.74) is 0. The number of alkyl carbamates (subject to hydrolysis) is 1. The second kappa shape index (κ2) is 10.7. The molecule has 0 aromatic carbocycles. The Morgan fingerprint density at radius 3 is 2.52 bits per heavy atom. The van der Waals surface area contributed by atoms with Crippen molar-refractivity contribution in [3.8, 4) is 0 Å². The second-order valence-electron chi connectivity index (χ2n) is 4.91. The molecule has 1 fully saturated rings. The average molecular weight is 338 g/mol. The fourth-order valence-corrected chi connectivity index (χ4v) is 2.01. The van der Waals surface area contributed by atoms with Gasteiger partial charge in [0.1, 0.15) is 18.3 Å². The molecule has 1 unspecified atom stereocenters. The molecule has 10 nitrogen and oxygen atoms in total. The molecule has 5 N–H and O–H groups in total. The Labute approximate surface area is 134 Å². The van der Waals surface area contributed by atoms with Crippen LogP contribution >= 0.6 is 0 Å². The van der Waals surface area contributed by atoms with E-state index in [2.05, 4.69) is 10.6 Å². The molecule has 1 aliphatic rings. The van der Waals surface area contributed by atoms with Gasteiger partial charge in [-0.05, 0) is 7.05 Å². The number of likely N-dealkylation sites (N-methyl/N-ethyl adjacent to an activating group) is 1. The normalized spacial score (nSPS) is 30.9. The van der Waals surface area contributed by atoms with Gasteiger partial charge < -0.3 is 44.9 Å². The first-order chi connectivity index (χ1) is 11.0. The minimum absolute atomic E-state index is 0.131. The zero-order valence-corrected chi connectivity index (χ0v) is 13.3.